The number of rotatable bonds is 3. The molecule has 1 aliphatic heterocycles. The van der Waals surface area contributed by atoms with E-state index in [2.05, 4.69) is 5.10 Å². The topological polar surface area (TPSA) is 64.2 Å². The summed E-state index contributed by atoms with van der Waals surface area (Å²) in [6.07, 6.45) is 2.54. The van der Waals surface area contributed by atoms with Gasteiger partial charge in [0.15, 0.2) is 0 Å². The molecule has 0 spiro atoms. The molecule has 3 rings (SSSR count). The van der Waals surface area contributed by atoms with E-state index in [-0.39, 0.29) is 18.5 Å². The Morgan fingerprint density at radius 2 is 2.10 bits per heavy atom. The quantitative estimate of drug-likeness (QED) is 0.916. The summed E-state index contributed by atoms with van der Waals surface area (Å²) in [5, 5.41) is 4.96. The molecule has 1 aromatic rings. The number of nitrogens with zero attached hydrogens (tertiary/aromatic N) is 3. The summed E-state index contributed by atoms with van der Waals surface area (Å²) in [4.78, 5) is 14.3. The van der Waals surface area contributed by atoms with Gasteiger partial charge in [0, 0.05) is 19.1 Å². The van der Waals surface area contributed by atoms with Gasteiger partial charge in [0.05, 0.1) is 16.4 Å². The number of nitrogens with two attached hydrogens (primary N) is 1. The normalized spacial score (nSPS) is 26.3. The third kappa shape index (κ3) is 2.44. The molecule has 1 saturated heterocycles. The second-order valence-electron chi connectivity index (χ2n) is 6.11. The van der Waals surface area contributed by atoms with Crippen molar-refractivity contribution in [1.29, 1.82) is 0 Å². The molecule has 0 radical (unpaired) electrons. The Kier molecular flexibility index (Phi) is 3.50. The van der Waals surface area contributed by atoms with E-state index in [4.69, 9.17) is 17.3 Å². The van der Waals surface area contributed by atoms with Crippen molar-refractivity contribution in [1.82, 2.24) is 14.7 Å². The van der Waals surface area contributed by atoms with Gasteiger partial charge in [-0.3, -0.25) is 9.48 Å². The fourth-order valence-corrected chi connectivity index (χ4v) is 3.27. The lowest BCUT2D eigenvalue weighted by atomic mass is 9.99. The maximum atomic E-state index is 12.4. The average Bonchev–Trinajstić information content (AvgIpc) is 3.13. The van der Waals surface area contributed by atoms with Crippen LogP contribution in [0.3, 0.4) is 0 Å². The van der Waals surface area contributed by atoms with Crippen molar-refractivity contribution in [3.8, 4) is 0 Å². The summed E-state index contributed by atoms with van der Waals surface area (Å²) in [6, 6.07) is 0.135. The highest BCUT2D eigenvalue weighted by Crippen LogP contribution is 2.40. The predicted octanol–water partition coefficient (Wildman–Crippen LogP) is 1.35. The first-order chi connectivity index (χ1) is 9.47. The second kappa shape index (κ2) is 5.04. The van der Waals surface area contributed by atoms with Gasteiger partial charge in [0.1, 0.15) is 6.54 Å². The predicted molar refractivity (Wildman–Crippen MR) is 77.5 cm³/mol. The summed E-state index contributed by atoms with van der Waals surface area (Å²) in [5.74, 6) is 1.32. The molecular formula is C14H21ClN4O. The van der Waals surface area contributed by atoms with Crippen LogP contribution in [0.1, 0.15) is 24.2 Å². The van der Waals surface area contributed by atoms with E-state index in [1.165, 1.54) is 12.8 Å². The largest absolute Gasteiger partial charge is 0.339 e. The molecule has 2 atom stereocenters. The van der Waals surface area contributed by atoms with Crippen LogP contribution in [0.15, 0.2) is 0 Å². The maximum Gasteiger partial charge on any atom is 0.244 e. The standard InChI is InChI=1S/C14H21ClN4O/c1-8-14(15)9(2)19(17-8)7-13(20)18-5-11(10-3-4-10)12(16)6-18/h10-12H,3-7,16H2,1-2H3/t11-,12+/m1/s1. The number of hydrogen-bond acceptors (Lipinski definition) is 3. The Morgan fingerprint density at radius 3 is 2.65 bits per heavy atom. The van der Waals surface area contributed by atoms with Crippen molar-refractivity contribution in [3.05, 3.63) is 16.4 Å². The Morgan fingerprint density at radius 1 is 1.40 bits per heavy atom. The van der Waals surface area contributed by atoms with Crippen LogP contribution in [0.5, 0.6) is 0 Å². The molecule has 110 valence electrons. The first-order valence-corrected chi connectivity index (χ1v) is 7.58. The second-order valence-corrected chi connectivity index (χ2v) is 6.48. The van der Waals surface area contributed by atoms with Crippen LogP contribution in [0.4, 0.5) is 0 Å². The van der Waals surface area contributed by atoms with Crippen LogP contribution >= 0.6 is 11.6 Å². The lowest BCUT2D eigenvalue weighted by Crippen LogP contribution is -2.34. The van der Waals surface area contributed by atoms with E-state index in [1.807, 2.05) is 18.7 Å². The van der Waals surface area contributed by atoms with Crippen LogP contribution in [-0.2, 0) is 11.3 Å². The van der Waals surface area contributed by atoms with Crippen molar-refractivity contribution in [2.24, 2.45) is 17.6 Å². The Bertz CT molecular complexity index is 538. The summed E-state index contributed by atoms with van der Waals surface area (Å²) in [7, 11) is 0. The number of amides is 1. The number of likely N-dealkylation sites (tertiary alicyclic amines) is 1. The van der Waals surface area contributed by atoms with Crippen LogP contribution in [-0.4, -0.2) is 39.7 Å². The van der Waals surface area contributed by atoms with E-state index in [1.54, 1.807) is 4.68 Å². The van der Waals surface area contributed by atoms with E-state index in [0.717, 1.165) is 23.9 Å². The van der Waals surface area contributed by atoms with Gasteiger partial charge in [-0.15, -0.1) is 0 Å². The van der Waals surface area contributed by atoms with E-state index in [9.17, 15) is 4.79 Å². The molecule has 1 amide bonds. The monoisotopic (exact) mass is 296 g/mol. The number of carbonyl (C=O) groups is 1. The molecule has 2 heterocycles. The fourth-order valence-electron chi connectivity index (χ4n) is 3.14. The highest BCUT2D eigenvalue weighted by atomic mass is 35.5. The summed E-state index contributed by atoms with van der Waals surface area (Å²) < 4.78 is 1.69. The first-order valence-electron chi connectivity index (χ1n) is 7.20. The number of halogens is 1. The molecule has 2 N–H and O–H groups in total. The fraction of sp³-hybridized carbons (Fsp3) is 0.714. The van der Waals surface area contributed by atoms with Crippen molar-refractivity contribution in [2.75, 3.05) is 13.1 Å². The van der Waals surface area contributed by atoms with Crippen molar-refractivity contribution in [2.45, 2.75) is 39.3 Å². The lowest BCUT2D eigenvalue weighted by molar-refractivity contribution is -0.131. The zero-order valence-electron chi connectivity index (χ0n) is 12.0. The first kappa shape index (κ1) is 13.9. The van der Waals surface area contributed by atoms with Crippen molar-refractivity contribution < 1.29 is 4.79 Å². The number of hydrogen-bond donors (Lipinski definition) is 1. The molecule has 2 aliphatic rings. The molecule has 0 bridgehead atoms. The summed E-state index contributed by atoms with van der Waals surface area (Å²) in [6.45, 7) is 5.47. The molecule has 0 aromatic carbocycles. The molecular weight excluding hydrogens is 276 g/mol. The van der Waals surface area contributed by atoms with Gasteiger partial charge in [0.25, 0.3) is 0 Å². The zero-order valence-corrected chi connectivity index (χ0v) is 12.7. The van der Waals surface area contributed by atoms with Crippen LogP contribution in [0.25, 0.3) is 0 Å². The molecule has 6 heteroatoms. The lowest BCUT2D eigenvalue weighted by Gasteiger charge is -2.16. The Hall–Kier alpha value is -1.07. The minimum absolute atomic E-state index is 0.0888. The van der Waals surface area contributed by atoms with Crippen molar-refractivity contribution in [3.63, 3.8) is 0 Å². The molecule has 20 heavy (non-hydrogen) atoms. The van der Waals surface area contributed by atoms with Gasteiger partial charge in [-0.2, -0.15) is 5.10 Å². The molecule has 1 saturated carbocycles. The maximum absolute atomic E-state index is 12.4. The molecule has 1 aromatic heterocycles. The van der Waals surface area contributed by atoms with Crippen LogP contribution in [0, 0.1) is 25.7 Å². The van der Waals surface area contributed by atoms with Gasteiger partial charge < -0.3 is 10.6 Å². The number of aryl methyl sites for hydroxylation is 1. The third-order valence-corrected chi connectivity index (χ3v) is 5.12. The minimum Gasteiger partial charge on any atom is -0.339 e. The van der Waals surface area contributed by atoms with Crippen LogP contribution < -0.4 is 5.73 Å². The summed E-state index contributed by atoms with van der Waals surface area (Å²) in [5.41, 5.74) is 7.78. The molecule has 5 nitrogen and oxygen atoms in total. The average molecular weight is 297 g/mol. The number of carbonyl (C=O) groups excluding carboxylic acids is 1. The zero-order chi connectivity index (χ0) is 14.4. The minimum atomic E-state index is 0.0888. The van der Waals surface area contributed by atoms with E-state index >= 15 is 0 Å². The van der Waals surface area contributed by atoms with E-state index < -0.39 is 0 Å². The van der Waals surface area contributed by atoms with E-state index in [0.29, 0.717) is 17.5 Å². The van der Waals surface area contributed by atoms with Gasteiger partial charge in [0.2, 0.25) is 5.91 Å². The summed E-state index contributed by atoms with van der Waals surface area (Å²) >= 11 is 6.11. The Labute approximate surface area is 124 Å². The Balaban J connectivity index is 1.66. The van der Waals surface area contributed by atoms with Gasteiger partial charge in [-0.1, -0.05) is 11.6 Å². The van der Waals surface area contributed by atoms with Gasteiger partial charge in [-0.05, 0) is 38.5 Å². The van der Waals surface area contributed by atoms with Gasteiger partial charge in [-0.25, -0.2) is 0 Å². The molecule has 1 aliphatic carbocycles. The SMILES string of the molecule is Cc1nn(CC(=O)N2C[C@H](C3CC3)[C@@H](N)C2)c(C)c1Cl. The van der Waals surface area contributed by atoms with Gasteiger partial charge >= 0.3 is 0 Å². The smallest absolute Gasteiger partial charge is 0.244 e. The highest BCUT2D eigenvalue weighted by Gasteiger charge is 2.42. The highest BCUT2D eigenvalue weighted by molar-refractivity contribution is 6.31. The number of aromatic nitrogens is 2. The van der Waals surface area contributed by atoms with Crippen LogP contribution in [0.2, 0.25) is 5.02 Å². The molecule has 2 fully saturated rings. The molecule has 0 unspecified atom stereocenters. The van der Waals surface area contributed by atoms with Crippen molar-refractivity contribution >= 4 is 17.5 Å². The third-order valence-electron chi connectivity index (χ3n) is 4.57.